The minimum Gasteiger partial charge on any atom is -0.496 e. The molecule has 0 saturated carbocycles. The summed E-state index contributed by atoms with van der Waals surface area (Å²) >= 11 is 0. The molecule has 6 rings (SSSR count). The van der Waals surface area contributed by atoms with Crippen molar-refractivity contribution in [3.8, 4) is 11.5 Å². The maximum absolute atomic E-state index is 13.9. The number of anilines is 3. The number of halogens is 2. The Bertz CT molecular complexity index is 1770. The van der Waals surface area contributed by atoms with Gasteiger partial charge in [-0.1, -0.05) is 49.2 Å². The van der Waals surface area contributed by atoms with Crippen LogP contribution in [-0.2, 0) is 5.41 Å². The topological polar surface area (TPSA) is 55.8 Å². The van der Waals surface area contributed by atoms with Crippen LogP contribution in [0.4, 0.5) is 25.8 Å². The first kappa shape index (κ1) is 27.4. The molecule has 0 atom stereocenters. The lowest BCUT2D eigenvalue weighted by molar-refractivity contribution is 0.0990. The summed E-state index contributed by atoms with van der Waals surface area (Å²) in [5.41, 5.74) is 6.93. The second-order valence-corrected chi connectivity index (χ2v) is 11.3. The quantitative estimate of drug-likeness (QED) is 0.185. The van der Waals surface area contributed by atoms with Gasteiger partial charge in [0.05, 0.1) is 36.9 Å². The van der Waals surface area contributed by atoms with E-state index in [4.69, 9.17) is 9.47 Å². The van der Waals surface area contributed by atoms with Crippen molar-refractivity contribution in [1.29, 1.82) is 0 Å². The van der Waals surface area contributed by atoms with Crippen LogP contribution in [0.15, 0.2) is 66.2 Å². The minimum atomic E-state index is -1.18. The summed E-state index contributed by atoms with van der Waals surface area (Å²) in [7, 11) is 3.05. The molecule has 1 aliphatic carbocycles. The highest BCUT2D eigenvalue weighted by atomic mass is 19.2. The van der Waals surface area contributed by atoms with E-state index in [1.54, 1.807) is 13.2 Å². The molecule has 0 N–H and O–H groups in total. The zero-order chi connectivity index (χ0) is 30.1. The van der Waals surface area contributed by atoms with Crippen LogP contribution < -0.4 is 14.4 Å². The van der Waals surface area contributed by atoms with Crippen molar-refractivity contribution in [2.45, 2.75) is 33.1 Å². The third-order valence-corrected chi connectivity index (χ3v) is 8.24. The van der Waals surface area contributed by atoms with Crippen molar-refractivity contribution < 1.29 is 27.8 Å². The molecule has 1 heterocycles. The maximum atomic E-state index is 13.9. The zero-order valence-corrected chi connectivity index (χ0v) is 24.2. The number of hydrogen-bond acceptors (Lipinski definition) is 5. The fraction of sp³-hybridized carbons (Fsp3) is 0.200. The van der Waals surface area contributed by atoms with Gasteiger partial charge in [-0.3, -0.25) is 9.59 Å². The van der Waals surface area contributed by atoms with Crippen LogP contribution in [0, 0.1) is 25.5 Å². The predicted molar refractivity (Wildman–Crippen MR) is 159 cm³/mol. The van der Waals surface area contributed by atoms with Gasteiger partial charge in [-0.25, -0.2) is 8.78 Å². The van der Waals surface area contributed by atoms with Crippen LogP contribution >= 0.6 is 0 Å². The highest BCUT2D eigenvalue weighted by Crippen LogP contribution is 2.54. The number of hydrogen-bond donors (Lipinski definition) is 0. The van der Waals surface area contributed by atoms with E-state index >= 15 is 0 Å². The lowest BCUT2D eigenvalue weighted by Gasteiger charge is -2.42. The molecule has 0 aromatic heterocycles. The molecule has 2 aliphatic rings. The Balaban J connectivity index is 1.55. The van der Waals surface area contributed by atoms with Gasteiger partial charge in [-0.2, -0.15) is 0 Å². The number of ketones is 2. The summed E-state index contributed by atoms with van der Waals surface area (Å²) in [6.07, 6.45) is 1.39. The second-order valence-electron chi connectivity index (χ2n) is 11.3. The summed E-state index contributed by atoms with van der Waals surface area (Å²) in [5, 5.41) is 0. The predicted octanol–water partition coefficient (Wildman–Crippen LogP) is 8.17. The van der Waals surface area contributed by atoms with Gasteiger partial charge < -0.3 is 14.4 Å². The van der Waals surface area contributed by atoms with Crippen molar-refractivity contribution in [3.63, 3.8) is 0 Å². The Morgan fingerprint density at radius 1 is 0.690 bits per heavy atom. The summed E-state index contributed by atoms with van der Waals surface area (Å²) in [6.45, 7) is 8.59. The van der Waals surface area contributed by atoms with Crippen molar-refractivity contribution >= 4 is 34.7 Å². The van der Waals surface area contributed by atoms with Crippen molar-refractivity contribution in [2.24, 2.45) is 0 Å². The normalized spacial score (nSPS) is 14.9. The number of carbonyl (C=O) groups excluding carboxylic acids is 2. The molecule has 0 bridgehead atoms. The lowest BCUT2D eigenvalue weighted by atomic mass is 9.72. The van der Waals surface area contributed by atoms with E-state index in [-0.39, 0.29) is 22.1 Å². The third-order valence-electron chi connectivity index (χ3n) is 8.24. The molecule has 0 amide bonds. The molecule has 0 spiro atoms. The van der Waals surface area contributed by atoms with Gasteiger partial charge in [-0.05, 0) is 61.4 Å². The van der Waals surface area contributed by atoms with Crippen LogP contribution in [0.5, 0.6) is 11.5 Å². The van der Waals surface area contributed by atoms with Crippen LogP contribution in [0.2, 0.25) is 0 Å². The molecule has 0 saturated heterocycles. The number of carbonyl (C=O) groups is 2. The molecule has 42 heavy (non-hydrogen) atoms. The van der Waals surface area contributed by atoms with Gasteiger partial charge in [-0.15, -0.1) is 0 Å². The largest absolute Gasteiger partial charge is 0.496 e. The van der Waals surface area contributed by atoms with Crippen LogP contribution in [0.3, 0.4) is 0 Å². The van der Waals surface area contributed by atoms with Gasteiger partial charge in [0.25, 0.3) is 0 Å². The molecule has 5 nitrogen and oxygen atoms in total. The molecule has 4 aromatic carbocycles. The van der Waals surface area contributed by atoms with Gasteiger partial charge in [0.1, 0.15) is 11.5 Å². The van der Waals surface area contributed by atoms with E-state index < -0.39 is 23.2 Å². The van der Waals surface area contributed by atoms with Crippen molar-refractivity contribution in [3.05, 3.63) is 117 Å². The standard InChI is InChI=1S/C35H29F2NO4/c1-18-7-9-28-24(11-18)35(3,4)25-12-19(2)8-10-29(25)38(28)30-17-31(41-5)20(14-32(30)42-6)13-23-33(39)21-15-26(36)27(37)16-22(21)34(23)40/h7-17H,1-6H3. The van der Waals surface area contributed by atoms with Gasteiger partial charge in [0.2, 0.25) is 0 Å². The highest BCUT2D eigenvalue weighted by Gasteiger charge is 2.39. The first-order chi connectivity index (χ1) is 20.0. The molecule has 212 valence electrons. The Morgan fingerprint density at radius 3 is 1.67 bits per heavy atom. The lowest BCUT2D eigenvalue weighted by Crippen LogP contribution is -2.31. The average Bonchev–Trinajstić information content (AvgIpc) is 3.18. The fourth-order valence-electron chi connectivity index (χ4n) is 6.02. The fourth-order valence-corrected chi connectivity index (χ4v) is 6.02. The number of nitrogens with zero attached hydrogens (tertiary/aromatic N) is 1. The number of fused-ring (bicyclic) bond motifs is 3. The Hall–Kier alpha value is -4.78. The summed E-state index contributed by atoms with van der Waals surface area (Å²) in [5.74, 6) is -2.85. The first-order valence-electron chi connectivity index (χ1n) is 13.5. The second kappa shape index (κ2) is 9.65. The SMILES string of the molecule is COc1cc(N2c3ccc(C)cc3C(C)(C)c3cc(C)ccc32)c(OC)cc1C=C1C(=O)c2cc(F)c(F)cc2C1=O. The number of methoxy groups -OCH3 is 2. The number of aryl methyl sites for hydroxylation is 2. The van der Waals surface area contributed by atoms with E-state index in [1.807, 2.05) is 6.07 Å². The number of rotatable bonds is 4. The monoisotopic (exact) mass is 565 g/mol. The molecule has 0 fully saturated rings. The van der Waals surface area contributed by atoms with Gasteiger partial charge in [0, 0.05) is 28.2 Å². The number of benzene rings is 4. The molecule has 0 unspecified atom stereocenters. The number of ether oxygens (including phenoxy) is 2. The Kier molecular flexibility index (Phi) is 6.30. The van der Waals surface area contributed by atoms with E-state index in [9.17, 15) is 18.4 Å². The molecular weight excluding hydrogens is 536 g/mol. The summed E-state index contributed by atoms with van der Waals surface area (Å²) in [6, 6.07) is 17.8. The van der Waals surface area contributed by atoms with E-state index in [1.165, 1.54) is 13.2 Å². The average molecular weight is 566 g/mol. The van der Waals surface area contributed by atoms with E-state index in [0.29, 0.717) is 22.7 Å². The van der Waals surface area contributed by atoms with E-state index in [0.717, 1.165) is 45.8 Å². The van der Waals surface area contributed by atoms with Crippen molar-refractivity contribution in [2.75, 3.05) is 19.1 Å². The summed E-state index contributed by atoms with van der Waals surface area (Å²) in [4.78, 5) is 28.3. The van der Waals surface area contributed by atoms with Crippen molar-refractivity contribution in [1.82, 2.24) is 0 Å². The maximum Gasteiger partial charge on any atom is 0.197 e. The Labute approximate surface area is 243 Å². The first-order valence-corrected chi connectivity index (χ1v) is 13.5. The van der Waals surface area contributed by atoms with Crippen LogP contribution in [0.25, 0.3) is 6.08 Å². The van der Waals surface area contributed by atoms with Gasteiger partial charge >= 0.3 is 0 Å². The molecule has 0 radical (unpaired) electrons. The summed E-state index contributed by atoms with van der Waals surface area (Å²) < 4.78 is 39.4. The number of allylic oxidation sites excluding steroid dienone is 1. The smallest absolute Gasteiger partial charge is 0.197 e. The molecular formula is C35H29F2NO4. The third kappa shape index (κ3) is 4.03. The molecule has 1 aliphatic heterocycles. The molecule has 7 heteroatoms. The van der Waals surface area contributed by atoms with Gasteiger partial charge in [0.15, 0.2) is 23.2 Å². The van der Waals surface area contributed by atoms with E-state index in [2.05, 4.69) is 69.0 Å². The Morgan fingerprint density at radius 2 is 1.19 bits per heavy atom. The number of Topliss-reactive ketones (excluding diaryl/α,β-unsaturated/α-hetero) is 2. The minimum absolute atomic E-state index is 0.164. The van der Waals surface area contributed by atoms with Crippen LogP contribution in [-0.4, -0.2) is 25.8 Å². The zero-order valence-electron chi connectivity index (χ0n) is 24.2. The highest BCUT2D eigenvalue weighted by molar-refractivity contribution is 6.41. The van der Waals surface area contributed by atoms with Crippen LogP contribution in [0.1, 0.15) is 62.4 Å². The molecule has 4 aromatic rings.